The van der Waals surface area contributed by atoms with E-state index in [1.165, 1.54) is 5.56 Å². The maximum atomic E-state index is 6.24. The Labute approximate surface area is 139 Å². The lowest BCUT2D eigenvalue weighted by Gasteiger charge is -2.03. The van der Waals surface area contributed by atoms with Crippen LogP contribution in [0.2, 0.25) is 0 Å². The fourth-order valence-electron chi connectivity index (χ4n) is 3.11. The highest BCUT2D eigenvalue weighted by atomic mass is 16.5. The van der Waals surface area contributed by atoms with Crippen molar-refractivity contribution in [1.29, 1.82) is 0 Å². The molecule has 0 aliphatic rings. The molecule has 0 atom stereocenters. The number of imidazole rings is 1. The minimum atomic E-state index is 0.651. The minimum Gasteiger partial charge on any atom is -0.397 e. The van der Waals surface area contributed by atoms with E-state index < -0.39 is 0 Å². The number of rotatable bonds is 3. The molecule has 0 radical (unpaired) electrons. The zero-order valence-corrected chi connectivity index (χ0v) is 13.6. The van der Waals surface area contributed by atoms with Gasteiger partial charge < -0.3 is 15.2 Å². The summed E-state index contributed by atoms with van der Waals surface area (Å²) in [7, 11) is 0. The number of aromatic amines is 1. The second-order valence-electron chi connectivity index (χ2n) is 6.01. The Morgan fingerprint density at radius 2 is 1.92 bits per heavy atom. The van der Waals surface area contributed by atoms with Crippen molar-refractivity contribution in [2.75, 3.05) is 5.73 Å². The minimum absolute atomic E-state index is 0.651. The predicted molar refractivity (Wildman–Crippen MR) is 94.7 cm³/mol. The Morgan fingerprint density at radius 1 is 1.12 bits per heavy atom. The number of anilines is 1. The molecule has 120 valence electrons. The first-order valence-electron chi connectivity index (χ1n) is 7.87. The fraction of sp³-hybridized carbons (Fsp3) is 0.158. The number of fused-ring (bicyclic) bond motifs is 1. The van der Waals surface area contributed by atoms with Gasteiger partial charge in [0.1, 0.15) is 17.1 Å². The third kappa shape index (κ3) is 2.44. The van der Waals surface area contributed by atoms with Gasteiger partial charge in [0.15, 0.2) is 0 Å². The standard InChI is InChI=1S/C19H18N4O/c1-11-18(12(2)24-23-11)14-9-15(20)19-16(10-14)21-17(22-19)8-13-6-4-3-5-7-13/h3-7,9-10H,8,20H2,1-2H3,(H,21,22). The molecule has 0 saturated carbocycles. The molecule has 0 spiro atoms. The van der Waals surface area contributed by atoms with E-state index in [1.807, 2.05) is 38.1 Å². The van der Waals surface area contributed by atoms with Crippen LogP contribution in [-0.2, 0) is 6.42 Å². The molecular weight excluding hydrogens is 300 g/mol. The number of hydrogen-bond donors (Lipinski definition) is 2. The molecule has 4 aromatic rings. The highest BCUT2D eigenvalue weighted by Gasteiger charge is 2.15. The second kappa shape index (κ2) is 5.53. The molecule has 3 N–H and O–H groups in total. The maximum absolute atomic E-state index is 6.24. The van der Waals surface area contributed by atoms with Gasteiger partial charge in [0.2, 0.25) is 0 Å². The summed E-state index contributed by atoms with van der Waals surface area (Å²) in [6.07, 6.45) is 0.746. The molecule has 0 fully saturated rings. The van der Waals surface area contributed by atoms with Crippen molar-refractivity contribution in [3.63, 3.8) is 0 Å². The number of nitrogen functional groups attached to an aromatic ring is 1. The lowest BCUT2D eigenvalue weighted by molar-refractivity contribution is 0.393. The van der Waals surface area contributed by atoms with E-state index in [4.69, 9.17) is 10.3 Å². The molecule has 0 saturated heterocycles. The van der Waals surface area contributed by atoms with Crippen LogP contribution in [0, 0.1) is 13.8 Å². The molecule has 5 heteroatoms. The Hall–Kier alpha value is -3.08. The molecule has 24 heavy (non-hydrogen) atoms. The van der Waals surface area contributed by atoms with Crippen molar-refractivity contribution >= 4 is 16.7 Å². The van der Waals surface area contributed by atoms with Crippen LogP contribution in [0.3, 0.4) is 0 Å². The van der Waals surface area contributed by atoms with Crippen LogP contribution in [0.1, 0.15) is 22.8 Å². The summed E-state index contributed by atoms with van der Waals surface area (Å²) in [5.74, 6) is 1.69. The van der Waals surface area contributed by atoms with Crippen LogP contribution in [-0.4, -0.2) is 15.1 Å². The first-order valence-corrected chi connectivity index (χ1v) is 7.87. The van der Waals surface area contributed by atoms with E-state index in [1.54, 1.807) is 0 Å². The van der Waals surface area contributed by atoms with Gasteiger partial charge in [-0.15, -0.1) is 0 Å². The lowest BCUT2D eigenvalue weighted by atomic mass is 10.0. The third-order valence-corrected chi connectivity index (χ3v) is 4.20. The summed E-state index contributed by atoms with van der Waals surface area (Å²) < 4.78 is 5.27. The van der Waals surface area contributed by atoms with Gasteiger partial charge in [0.25, 0.3) is 0 Å². The quantitative estimate of drug-likeness (QED) is 0.559. The third-order valence-electron chi connectivity index (χ3n) is 4.20. The van der Waals surface area contributed by atoms with Gasteiger partial charge in [-0.05, 0) is 37.1 Å². The Kier molecular flexibility index (Phi) is 3.34. The van der Waals surface area contributed by atoms with Gasteiger partial charge >= 0.3 is 0 Å². The number of aryl methyl sites for hydroxylation is 2. The first kappa shape index (κ1) is 14.5. The Balaban J connectivity index is 1.79. The van der Waals surface area contributed by atoms with Crippen LogP contribution in [0.25, 0.3) is 22.2 Å². The van der Waals surface area contributed by atoms with Crippen molar-refractivity contribution in [3.8, 4) is 11.1 Å². The van der Waals surface area contributed by atoms with Crippen molar-refractivity contribution in [3.05, 3.63) is 65.3 Å². The molecule has 2 heterocycles. The van der Waals surface area contributed by atoms with Gasteiger partial charge in [-0.25, -0.2) is 4.98 Å². The number of nitrogens with two attached hydrogens (primary N) is 1. The van der Waals surface area contributed by atoms with Gasteiger partial charge in [-0.2, -0.15) is 0 Å². The summed E-state index contributed by atoms with van der Waals surface area (Å²) in [4.78, 5) is 8.04. The highest BCUT2D eigenvalue weighted by Crippen LogP contribution is 2.32. The molecule has 4 rings (SSSR count). The average molecular weight is 318 g/mol. The summed E-state index contributed by atoms with van der Waals surface area (Å²) >= 11 is 0. The van der Waals surface area contributed by atoms with Gasteiger partial charge in [0, 0.05) is 12.0 Å². The fourth-order valence-corrected chi connectivity index (χ4v) is 3.11. The maximum Gasteiger partial charge on any atom is 0.141 e. The summed E-state index contributed by atoms with van der Waals surface area (Å²) in [5.41, 5.74) is 12.7. The van der Waals surface area contributed by atoms with E-state index in [0.717, 1.165) is 45.9 Å². The summed E-state index contributed by atoms with van der Waals surface area (Å²) in [6, 6.07) is 14.2. The predicted octanol–water partition coefficient (Wildman–Crippen LogP) is 4.01. The molecule has 2 aromatic heterocycles. The number of benzene rings is 2. The Morgan fingerprint density at radius 3 is 2.62 bits per heavy atom. The molecule has 0 unspecified atom stereocenters. The largest absolute Gasteiger partial charge is 0.397 e. The van der Waals surface area contributed by atoms with E-state index in [2.05, 4.69) is 33.3 Å². The van der Waals surface area contributed by atoms with Gasteiger partial charge in [-0.3, -0.25) is 0 Å². The van der Waals surface area contributed by atoms with E-state index >= 15 is 0 Å². The lowest BCUT2D eigenvalue weighted by Crippen LogP contribution is -1.90. The number of aromatic nitrogens is 3. The monoisotopic (exact) mass is 318 g/mol. The SMILES string of the molecule is Cc1noc(C)c1-c1cc(N)c2nc(Cc3ccccc3)[nH]c2c1. The molecule has 0 amide bonds. The molecule has 0 aliphatic carbocycles. The number of hydrogen-bond acceptors (Lipinski definition) is 4. The number of H-pyrrole nitrogens is 1. The summed E-state index contributed by atoms with van der Waals surface area (Å²) in [5, 5.41) is 4.02. The van der Waals surface area contributed by atoms with Gasteiger partial charge in [-0.1, -0.05) is 35.5 Å². The van der Waals surface area contributed by atoms with E-state index in [9.17, 15) is 0 Å². The van der Waals surface area contributed by atoms with Gasteiger partial charge in [0.05, 0.1) is 16.9 Å². The van der Waals surface area contributed by atoms with Crippen LogP contribution in [0.5, 0.6) is 0 Å². The van der Waals surface area contributed by atoms with Crippen LogP contribution >= 0.6 is 0 Å². The van der Waals surface area contributed by atoms with Crippen LogP contribution < -0.4 is 5.73 Å². The molecule has 5 nitrogen and oxygen atoms in total. The second-order valence-corrected chi connectivity index (χ2v) is 6.01. The number of nitrogens with one attached hydrogen (secondary N) is 1. The molecular formula is C19H18N4O. The topological polar surface area (TPSA) is 80.7 Å². The highest BCUT2D eigenvalue weighted by molar-refractivity contribution is 5.92. The van der Waals surface area contributed by atoms with Crippen molar-refractivity contribution in [1.82, 2.24) is 15.1 Å². The smallest absolute Gasteiger partial charge is 0.141 e. The Bertz CT molecular complexity index is 995. The molecule has 0 aliphatic heterocycles. The molecule has 2 aromatic carbocycles. The molecule has 0 bridgehead atoms. The first-order chi connectivity index (χ1) is 11.6. The number of nitrogens with zero attached hydrogens (tertiary/aromatic N) is 2. The van der Waals surface area contributed by atoms with Crippen molar-refractivity contribution < 1.29 is 4.52 Å². The zero-order valence-electron chi connectivity index (χ0n) is 13.6. The summed E-state index contributed by atoms with van der Waals surface area (Å²) in [6.45, 7) is 3.84. The van der Waals surface area contributed by atoms with Crippen molar-refractivity contribution in [2.45, 2.75) is 20.3 Å². The van der Waals surface area contributed by atoms with Crippen LogP contribution in [0.15, 0.2) is 47.0 Å². The van der Waals surface area contributed by atoms with E-state index in [0.29, 0.717) is 5.69 Å². The van der Waals surface area contributed by atoms with Crippen LogP contribution in [0.4, 0.5) is 5.69 Å². The van der Waals surface area contributed by atoms with E-state index in [-0.39, 0.29) is 0 Å². The average Bonchev–Trinajstić information content (AvgIpc) is 3.11. The zero-order chi connectivity index (χ0) is 16.7. The normalized spacial score (nSPS) is 11.2. The van der Waals surface area contributed by atoms with Crippen molar-refractivity contribution in [2.24, 2.45) is 0 Å².